The Morgan fingerprint density at radius 1 is 0.968 bits per heavy atom. The highest BCUT2D eigenvalue weighted by Gasteiger charge is 2.47. The van der Waals surface area contributed by atoms with E-state index in [0.717, 1.165) is 10.0 Å². The van der Waals surface area contributed by atoms with E-state index in [1.807, 2.05) is 41.3 Å². The zero-order valence-electron chi connectivity index (χ0n) is 17.1. The zero-order chi connectivity index (χ0) is 21.4. The number of ether oxygens (including phenoxy) is 1. The summed E-state index contributed by atoms with van der Waals surface area (Å²) >= 11 is 3.42. The molecule has 0 aliphatic carbocycles. The van der Waals surface area contributed by atoms with Crippen LogP contribution in [0.2, 0.25) is 0 Å². The predicted octanol–water partition coefficient (Wildman–Crippen LogP) is 5.23. The normalized spacial score (nSPS) is 17.9. The molecule has 1 spiro atoms. The molecule has 2 aliphatic heterocycles. The number of halogens is 1. The van der Waals surface area contributed by atoms with Crippen molar-refractivity contribution in [1.29, 1.82) is 0 Å². The third kappa shape index (κ3) is 4.04. The molecule has 31 heavy (non-hydrogen) atoms. The molecule has 5 nitrogen and oxygen atoms in total. The number of carbonyl (C=O) groups excluding carboxylic acids is 2. The Morgan fingerprint density at radius 2 is 1.74 bits per heavy atom. The first kappa shape index (κ1) is 20.1. The fourth-order valence-electron chi connectivity index (χ4n) is 4.55. The van der Waals surface area contributed by atoms with Gasteiger partial charge in [-0.15, -0.1) is 0 Å². The van der Waals surface area contributed by atoms with Crippen LogP contribution < -0.4 is 0 Å². The van der Waals surface area contributed by atoms with Gasteiger partial charge in [-0.2, -0.15) is 0 Å². The van der Waals surface area contributed by atoms with Crippen molar-refractivity contribution in [3.63, 3.8) is 0 Å². The largest absolute Gasteiger partial charge is 0.441 e. The molecule has 158 valence electrons. The number of benzene rings is 3. The second-order valence-corrected chi connectivity index (χ2v) is 9.31. The van der Waals surface area contributed by atoms with E-state index in [4.69, 9.17) is 4.74 Å². The van der Waals surface area contributed by atoms with E-state index in [9.17, 15) is 9.59 Å². The lowest BCUT2D eigenvalue weighted by Crippen LogP contribution is -2.48. The quantitative estimate of drug-likeness (QED) is 0.517. The second kappa shape index (κ2) is 8.00. The van der Waals surface area contributed by atoms with Gasteiger partial charge in [0.2, 0.25) is 0 Å². The number of amides is 2. The van der Waals surface area contributed by atoms with Crippen molar-refractivity contribution in [2.24, 2.45) is 0 Å². The molecule has 0 unspecified atom stereocenters. The highest BCUT2D eigenvalue weighted by molar-refractivity contribution is 9.10. The minimum Gasteiger partial charge on any atom is -0.441 e. The van der Waals surface area contributed by atoms with Crippen LogP contribution in [0, 0.1) is 0 Å². The van der Waals surface area contributed by atoms with Crippen molar-refractivity contribution < 1.29 is 14.3 Å². The van der Waals surface area contributed by atoms with E-state index in [1.165, 1.54) is 10.8 Å². The van der Waals surface area contributed by atoms with E-state index in [-0.39, 0.29) is 12.0 Å². The number of nitrogens with zero attached hydrogens (tertiary/aromatic N) is 2. The third-order valence-corrected chi connectivity index (χ3v) is 6.76. The van der Waals surface area contributed by atoms with Gasteiger partial charge >= 0.3 is 6.09 Å². The Bertz CT molecular complexity index is 1150. The maximum atomic E-state index is 12.8. The van der Waals surface area contributed by atoms with Gasteiger partial charge in [-0.25, -0.2) is 4.79 Å². The molecular formula is C25H23BrN2O3. The number of rotatable bonds is 3. The van der Waals surface area contributed by atoms with Gasteiger partial charge in [0.1, 0.15) is 5.60 Å². The summed E-state index contributed by atoms with van der Waals surface area (Å²) in [5.41, 5.74) is 1.27. The number of fused-ring (bicyclic) bond motifs is 1. The van der Waals surface area contributed by atoms with E-state index in [1.54, 1.807) is 4.90 Å². The molecular weight excluding hydrogens is 456 g/mol. The van der Waals surface area contributed by atoms with Gasteiger partial charge in [0.15, 0.2) is 0 Å². The summed E-state index contributed by atoms with van der Waals surface area (Å²) in [7, 11) is 0. The summed E-state index contributed by atoms with van der Waals surface area (Å²) in [6.45, 7) is 2.27. The fraction of sp³-hybridized carbons (Fsp3) is 0.280. The molecule has 3 aromatic rings. The zero-order valence-corrected chi connectivity index (χ0v) is 18.7. The van der Waals surface area contributed by atoms with Crippen LogP contribution >= 0.6 is 15.9 Å². The number of hydrogen-bond acceptors (Lipinski definition) is 3. The highest BCUT2D eigenvalue weighted by Crippen LogP contribution is 2.34. The summed E-state index contributed by atoms with van der Waals surface area (Å²) in [6.07, 6.45) is 1.05. The molecule has 5 rings (SSSR count). The van der Waals surface area contributed by atoms with E-state index >= 15 is 0 Å². The van der Waals surface area contributed by atoms with Gasteiger partial charge in [-0.3, -0.25) is 9.69 Å². The molecule has 2 fully saturated rings. The smallest absolute Gasteiger partial charge is 0.410 e. The van der Waals surface area contributed by atoms with Gasteiger partial charge in [-0.1, -0.05) is 58.4 Å². The van der Waals surface area contributed by atoms with Crippen molar-refractivity contribution in [2.75, 3.05) is 19.6 Å². The summed E-state index contributed by atoms with van der Waals surface area (Å²) < 4.78 is 6.75. The number of piperidine rings is 1. The number of hydrogen-bond donors (Lipinski definition) is 0. The van der Waals surface area contributed by atoms with Crippen LogP contribution in [-0.2, 0) is 11.3 Å². The Labute approximate surface area is 189 Å². The van der Waals surface area contributed by atoms with Crippen molar-refractivity contribution in [1.82, 2.24) is 9.80 Å². The summed E-state index contributed by atoms with van der Waals surface area (Å²) in [5.74, 6) is 0.0218. The van der Waals surface area contributed by atoms with Crippen LogP contribution in [0.4, 0.5) is 4.79 Å². The van der Waals surface area contributed by atoms with Crippen LogP contribution in [0.5, 0.6) is 0 Å². The molecule has 0 atom stereocenters. The Morgan fingerprint density at radius 3 is 2.52 bits per heavy atom. The molecule has 0 bridgehead atoms. The first-order valence-electron chi connectivity index (χ1n) is 10.5. The van der Waals surface area contributed by atoms with E-state index in [2.05, 4.69) is 46.3 Å². The monoisotopic (exact) mass is 478 g/mol. The molecule has 2 aliphatic rings. The van der Waals surface area contributed by atoms with Crippen molar-refractivity contribution >= 4 is 38.7 Å². The second-order valence-electron chi connectivity index (χ2n) is 8.39. The average Bonchev–Trinajstić information content (AvgIpc) is 3.08. The maximum Gasteiger partial charge on any atom is 0.410 e. The SMILES string of the molecule is O=C1OC2(CCN(C(=O)c3cccc(Br)c3)CC2)CN1Cc1ccc2ccccc2c1. The molecule has 2 saturated heterocycles. The minimum atomic E-state index is -0.498. The van der Waals surface area contributed by atoms with Gasteiger partial charge in [0.25, 0.3) is 5.91 Å². The van der Waals surface area contributed by atoms with Crippen LogP contribution in [0.25, 0.3) is 10.8 Å². The summed E-state index contributed by atoms with van der Waals surface area (Å²) in [5, 5.41) is 2.36. The molecule has 0 saturated carbocycles. The van der Waals surface area contributed by atoms with Crippen molar-refractivity contribution in [3.8, 4) is 0 Å². The predicted molar refractivity (Wildman–Crippen MR) is 123 cm³/mol. The van der Waals surface area contributed by atoms with Gasteiger partial charge in [0, 0.05) is 42.5 Å². The molecule has 2 heterocycles. The van der Waals surface area contributed by atoms with E-state index in [0.29, 0.717) is 44.6 Å². The first-order valence-corrected chi connectivity index (χ1v) is 11.3. The molecule has 6 heteroatoms. The van der Waals surface area contributed by atoms with Crippen LogP contribution in [0.1, 0.15) is 28.8 Å². The summed E-state index contributed by atoms with van der Waals surface area (Å²) in [4.78, 5) is 29.1. The van der Waals surface area contributed by atoms with Crippen LogP contribution in [0.3, 0.4) is 0 Å². The highest BCUT2D eigenvalue weighted by atomic mass is 79.9. The molecule has 0 N–H and O–H groups in total. The lowest BCUT2D eigenvalue weighted by atomic mass is 9.91. The molecule has 3 aromatic carbocycles. The molecule has 0 radical (unpaired) electrons. The first-order chi connectivity index (χ1) is 15.0. The van der Waals surface area contributed by atoms with Gasteiger partial charge in [0.05, 0.1) is 6.54 Å². The third-order valence-electron chi connectivity index (χ3n) is 6.26. The topological polar surface area (TPSA) is 49.9 Å². The number of likely N-dealkylation sites (tertiary alicyclic amines) is 1. The number of carbonyl (C=O) groups is 2. The maximum absolute atomic E-state index is 12.8. The van der Waals surface area contributed by atoms with Crippen LogP contribution in [0.15, 0.2) is 71.2 Å². The van der Waals surface area contributed by atoms with Gasteiger partial charge in [-0.05, 0) is 40.6 Å². The van der Waals surface area contributed by atoms with Crippen LogP contribution in [-0.4, -0.2) is 47.0 Å². The Kier molecular flexibility index (Phi) is 5.18. The Hall–Kier alpha value is -2.86. The Balaban J connectivity index is 1.24. The molecule has 2 amide bonds. The van der Waals surface area contributed by atoms with E-state index < -0.39 is 5.60 Å². The van der Waals surface area contributed by atoms with Crippen molar-refractivity contribution in [2.45, 2.75) is 25.0 Å². The lowest BCUT2D eigenvalue weighted by molar-refractivity contribution is 0.00313. The minimum absolute atomic E-state index is 0.0218. The van der Waals surface area contributed by atoms with Gasteiger partial charge < -0.3 is 9.64 Å². The molecule has 0 aromatic heterocycles. The lowest BCUT2D eigenvalue weighted by Gasteiger charge is -2.37. The summed E-state index contributed by atoms with van der Waals surface area (Å²) in [6, 6.07) is 22.0. The standard InChI is InChI=1S/C25H23BrN2O3/c26-22-7-3-6-21(15-22)23(29)27-12-10-25(11-13-27)17-28(24(30)31-25)16-18-8-9-19-4-1-2-5-20(19)14-18/h1-9,14-15H,10-13,16-17H2. The fourth-order valence-corrected chi connectivity index (χ4v) is 4.95. The average molecular weight is 479 g/mol. The van der Waals surface area contributed by atoms with Crippen molar-refractivity contribution in [3.05, 3.63) is 82.3 Å².